The molecule has 3 nitrogen and oxygen atoms in total. The maximum absolute atomic E-state index is 12.5. The molecule has 6 heteroatoms. The van der Waals surface area contributed by atoms with E-state index in [9.17, 15) is 18.0 Å². The quantitative estimate of drug-likeness (QED) is 0.853. The predicted octanol–water partition coefficient (Wildman–Crippen LogP) is 2.52. The van der Waals surface area contributed by atoms with Crippen LogP contribution in [0.3, 0.4) is 0 Å². The molecule has 1 heterocycles. The molecule has 0 atom stereocenters. The second-order valence-corrected chi connectivity index (χ2v) is 3.91. The standard InChI is InChI=1S/C12H11F3N2O/c13-12(14,15)8-2-1-3-9(6-8)17-10-4-5-16-11(18)7-10/h1-3,6-7,17H,4-5H2,(H,16,18). The van der Waals surface area contributed by atoms with Gasteiger partial charge in [0.1, 0.15) is 0 Å². The second-order valence-electron chi connectivity index (χ2n) is 3.91. The Bertz CT molecular complexity index is 494. The van der Waals surface area contributed by atoms with Gasteiger partial charge >= 0.3 is 6.18 Å². The van der Waals surface area contributed by atoms with Gasteiger partial charge in [-0.2, -0.15) is 13.2 Å². The molecule has 18 heavy (non-hydrogen) atoms. The molecule has 0 unspecified atom stereocenters. The lowest BCUT2D eigenvalue weighted by Crippen LogP contribution is -2.28. The van der Waals surface area contributed by atoms with Gasteiger partial charge in [-0.1, -0.05) is 6.07 Å². The third-order valence-corrected chi connectivity index (χ3v) is 2.49. The predicted molar refractivity (Wildman–Crippen MR) is 60.8 cm³/mol. The van der Waals surface area contributed by atoms with E-state index in [-0.39, 0.29) is 5.91 Å². The summed E-state index contributed by atoms with van der Waals surface area (Å²) in [7, 11) is 0. The Morgan fingerprint density at radius 2 is 2.06 bits per heavy atom. The van der Waals surface area contributed by atoms with Crippen LogP contribution in [0.2, 0.25) is 0 Å². The van der Waals surface area contributed by atoms with Gasteiger partial charge < -0.3 is 10.6 Å². The van der Waals surface area contributed by atoms with Gasteiger partial charge in [0.05, 0.1) is 5.56 Å². The van der Waals surface area contributed by atoms with Gasteiger partial charge in [0.2, 0.25) is 5.91 Å². The molecule has 1 amide bonds. The van der Waals surface area contributed by atoms with E-state index in [4.69, 9.17) is 0 Å². The van der Waals surface area contributed by atoms with Gasteiger partial charge in [-0.15, -0.1) is 0 Å². The second kappa shape index (κ2) is 4.72. The fourth-order valence-corrected chi connectivity index (χ4v) is 1.66. The van der Waals surface area contributed by atoms with Crippen molar-refractivity contribution in [3.05, 3.63) is 41.6 Å². The average Bonchev–Trinajstić information content (AvgIpc) is 2.28. The summed E-state index contributed by atoms with van der Waals surface area (Å²) in [6.45, 7) is 0.483. The maximum atomic E-state index is 12.5. The Hall–Kier alpha value is -1.98. The molecule has 2 rings (SSSR count). The highest BCUT2D eigenvalue weighted by Gasteiger charge is 2.30. The topological polar surface area (TPSA) is 41.1 Å². The highest BCUT2D eigenvalue weighted by molar-refractivity contribution is 5.89. The fraction of sp³-hybridized carbons (Fsp3) is 0.250. The zero-order chi connectivity index (χ0) is 13.2. The van der Waals surface area contributed by atoms with Crippen LogP contribution in [0, 0.1) is 0 Å². The number of carbonyl (C=O) groups excluding carboxylic acids is 1. The number of nitrogens with one attached hydrogen (secondary N) is 2. The van der Waals surface area contributed by atoms with Crippen LogP contribution in [-0.2, 0) is 11.0 Å². The minimum Gasteiger partial charge on any atom is -0.359 e. The summed E-state index contributed by atoms with van der Waals surface area (Å²) >= 11 is 0. The fourth-order valence-electron chi connectivity index (χ4n) is 1.66. The molecule has 0 saturated carbocycles. The molecule has 0 bridgehead atoms. The number of hydrogen-bond acceptors (Lipinski definition) is 2. The Kier molecular flexibility index (Phi) is 3.27. The number of rotatable bonds is 2. The first-order valence-electron chi connectivity index (χ1n) is 5.38. The van der Waals surface area contributed by atoms with Crippen LogP contribution in [0.15, 0.2) is 36.0 Å². The first-order chi connectivity index (χ1) is 8.45. The summed E-state index contributed by atoms with van der Waals surface area (Å²) in [5.41, 5.74) is 0.220. The van der Waals surface area contributed by atoms with Crippen LogP contribution in [0.1, 0.15) is 12.0 Å². The largest absolute Gasteiger partial charge is 0.416 e. The van der Waals surface area contributed by atoms with Gasteiger partial charge in [0.25, 0.3) is 0 Å². The molecule has 1 aliphatic rings. The van der Waals surface area contributed by atoms with E-state index in [2.05, 4.69) is 10.6 Å². The first kappa shape index (κ1) is 12.5. The van der Waals surface area contributed by atoms with E-state index < -0.39 is 11.7 Å². The summed E-state index contributed by atoms with van der Waals surface area (Å²) in [6.07, 6.45) is -2.44. The van der Waals surface area contributed by atoms with Gasteiger partial charge in [0.15, 0.2) is 0 Å². The Labute approximate surface area is 102 Å². The zero-order valence-corrected chi connectivity index (χ0v) is 9.34. The van der Waals surface area contributed by atoms with Crippen molar-refractivity contribution in [1.82, 2.24) is 5.32 Å². The van der Waals surface area contributed by atoms with E-state index in [1.807, 2.05) is 0 Å². The van der Waals surface area contributed by atoms with Crippen molar-refractivity contribution in [3.63, 3.8) is 0 Å². The van der Waals surface area contributed by atoms with Gasteiger partial charge in [0, 0.05) is 30.4 Å². The van der Waals surface area contributed by atoms with Crippen LogP contribution in [0.25, 0.3) is 0 Å². The maximum Gasteiger partial charge on any atom is 0.416 e. The summed E-state index contributed by atoms with van der Waals surface area (Å²) in [5.74, 6) is -0.240. The molecule has 0 saturated heterocycles. The van der Waals surface area contributed by atoms with Gasteiger partial charge in [-0.25, -0.2) is 0 Å². The van der Waals surface area contributed by atoms with Crippen LogP contribution in [0.5, 0.6) is 0 Å². The Morgan fingerprint density at radius 3 is 2.72 bits per heavy atom. The number of hydrogen-bond donors (Lipinski definition) is 2. The van der Waals surface area contributed by atoms with Crippen molar-refractivity contribution in [3.8, 4) is 0 Å². The lowest BCUT2D eigenvalue weighted by molar-refractivity contribution is -0.137. The molecule has 0 spiro atoms. The van der Waals surface area contributed by atoms with Crippen molar-refractivity contribution in [1.29, 1.82) is 0 Å². The molecule has 1 aromatic carbocycles. The zero-order valence-electron chi connectivity index (χ0n) is 9.34. The third kappa shape index (κ3) is 3.03. The van der Waals surface area contributed by atoms with Crippen LogP contribution in [-0.4, -0.2) is 12.5 Å². The third-order valence-electron chi connectivity index (χ3n) is 2.49. The van der Waals surface area contributed by atoms with Crippen molar-refractivity contribution in [2.24, 2.45) is 0 Å². The number of halogens is 3. The van der Waals surface area contributed by atoms with Crippen LogP contribution >= 0.6 is 0 Å². The molecule has 96 valence electrons. The first-order valence-corrected chi connectivity index (χ1v) is 5.38. The number of amides is 1. The minimum absolute atomic E-state index is 0.240. The molecule has 2 N–H and O–H groups in total. The van der Waals surface area contributed by atoms with Crippen LogP contribution in [0.4, 0.5) is 18.9 Å². The van der Waals surface area contributed by atoms with E-state index in [0.717, 1.165) is 12.1 Å². The molecule has 1 aromatic rings. The van der Waals surface area contributed by atoms with Gasteiger partial charge in [-0.3, -0.25) is 4.79 Å². The van der Waals surface area contributed by atoms with E-state index in [1.54, 1.807) is 0 Å². The Morgan fingerprint density at radius 1 is 1.28 bits per heavy atom. The molecule has 0 fully saturated rings. The van der Waals surface area contributed by atoms with Crippen LogP contribution < -0.4 is 10.6 Å². The highest BCUT2D eigenvalue weighted by Crippen LogP contribution is 2.31. The van der Waals surface area contributed by atoms with E-state index in [0.29, 0.717) is 24.4 Å². The lowest BCUT2D eigenvalue weighted by Gasteiger charge is -2.16. The van der Waals surface area contributed by atoms with E-state index >= 15 is 0 Å². The molecule has 0 aromatic heterocycles. The monoisotopic (exact) mass is 256 g/mol. The summed E-state index contributed by atoms with van der Waals surface area (Å²) in [6, 6.07) is 4.89. The number of carbonyl (C=O) groups is 1. The van der Waals surface area contributed by atoms with Crippen molar-refractivity contribution < 1.29 is 18.0 Å². The molecule has 1 aliphatic heterocycles. The SMILES string of the molecule is O=C1C=C(Nc2cccc(C(F)(F)F)c2)CCN1. The smallest absolute Gasteiger partial charge is 0.359 e. The van der Waals surface area contributed by atoms with Crippen molar-refractivity contribution >= 4 is 11.6 Å². The summed E-state index contributed by atoms with van der Waals surface area (Å²) in [4.78, 5) is 11.1. The summed E-state index contributed by atoms with van der Waals surface area (Å²) < 4.78 is 37.5. The van der Waals surface area contributed by atoms with Crippen molar-refractivity contribution in [2.45, 2.75) is 12.6 Å². The molecular weight excluding hydrogens is 245 g/mol. The molecule has 0 radical (unpaired) electrons. The number of alkyl halides is 3. The van der Waals surface area contributed by atoms with E-state index in [1.165, 1.54) is 18.2 Å². The Balaban J connectivity index is 2.17. The average molecular weight is 256 g/mol. The molecule has 0 aliphatic carbocycles. The number of anilines is 1. The normalized spacial score (nSPS) is 15.9. The lowest BCUT2D eigenvalue weighted by atomic mass is 10.1. The summed E-state index contributed by atoms with van der Waals surface area (Å²) in [5, 5.41) is 5.42. The molecular formula is C12H11F3N2O. The van der Waals surface area contributed by atoms with Gasteiger partial charge in [-0.05, 0) is 18.2 Å². The number of benzene rings is 1. The minimum atomic E-state index is -4.37. The van der Waals surface area contributed by atoms with Crippen molar-refractivity contribution in [2.75, 3.05) is 11.9 Å². The highest BCUT2D eigenvalue weighted by atomic mass is 19.4.